The van der Waals surface area contributed by atoms with Crippen molar-refractivity contribution in [3.05, 3.63) is 209 Å². The van der Waals surface area contributed by atoms with Gasteiger partial charge in [-0.2, -0.15) is 12.1 Å². The summed E-state index contributed by atoms with van der Waals surface area (Å²) in [5, 5.41) is 2.32. The molecule has 0 atom stereocenters. The first-order valence-electron chi connectivity index (χ1n) is 23.6. The van der Waals surface area contributed by atoms with Gasteiger partial charge in [0.15, 0.2) is 0 Å². The molecule has 6 aromatic carbocycles. The van der Waals surface area contributed by atoms with E-state index in [0.717, 1.165) is 44.7 Å². The first-order valence-corrected chi connectivity index (χ1v) is 23.6. The normalized spacial score (nSPS) is 12.7. The molecule has 0 aliphatic rings. The van der Waals surface area contributed by atoms with E-state index in [1.54, 1.807) is 0 Å². The van der Waals surface area contributed by atoms with Gasteiger partial charge in [0.1, 0.15) is 5.82 Å². The van der Waals surface area contributed by atoms with Gasteiger partial charge in [0.05, 0.1) is 11.4 Å². The molecule has 0 aliphatic carbocycles. The van der Waals surface area contributed by atoms with Crippen molar-refractivity contribution in [2.75, 3.05) is 0 Å². The molecule has 3 heterocycles. The van der Waals surface area contributed by atoms with E-state index in [4.69, 9.17) is 9.72 Å². The van der Waals surface area contributed by atoms with Crippen molar-refractivity contribution in [2.45, 2.75) is 117 Å². The minimum absolute atomic E-state index is 0. The van der Waals surface area contributed by atoms with Crippen LogP contribution in [0.4, 0.5) is 0 Å². The van der Waals surface area contributed by atoms with Crippen LogP contribution in [-0.2, 0) is 48.1 Å². The molecular weight excluding hydrogens is 1010 g/mol. The Morgan fingerprint density at radius 3 is 1.79 bits per heavy atom. The molecule has 9 aromatic rings. The largest absolute Gasteiger partial charge is 0.510 e. The van der Waals surface area contributed by atoms with Gasteiger partial charge < -0.3 is 13.9 Å². The molecule has 6 heteroatoms. The predicted octanol–water partition coefficient (Wildman–Crippen LogP) is 15.0. The van der Waals surface area contributed by atoms with Crippen LogP contribution in [0.25, 0.3) is 39.0 Å². The molecule has 0 unspecified atom stereocenters. The van der Waals surface area contributed by atoms with Crippen molar-refractivity contribution in [1.29, 1.82) is 0 Å². The number of rotatable bonds is 9. The van der Waals surface area contributed by atoms with E-state index in [-0.39, 0.29) is 42.7 Å². The second kappa shape index (κ2) is 17.8. The first kappa shape index (κ1) is 48.4. The number of fused-ring (bicyclic) bond motifs is 3. The zero-order valence-corrected chi connectivity index (χ0v) is 44.2. The number of pyridine rings is 1. The standard InChI is InChI=1S/C62H64N4O.Pt/c1-58(2,3)44-31-32-63-56(36-44)66-53-30-21-20-29-51(53)57-52(60(7,8)9)38-50(39-54(57)66)67-49-28-22-27-47(37-49)64-40-55(62(12,13)43-25-18-15-19-26-43)65(41-64)48-34-45(59(4,5)6)33-46(35-48)61(10,11)42-23-16-14-17-24-42;/h14-36,38,40H,1-13H3;/q-2;. The third-order valence-corrected chi connectivity index (χ3v) is 13.6. The van der Waals surface area contributed by atoms with Crippen molar-refractivity contribution in [3.8, 4) is 28.7 Å². The van der Waals surface area contributed by atoms with Crippen LogP contribution in [0.1, 0.15) is 129 Å². The van der Waals surface area contributed by atoms with E-state index >= 15 is 0 Å². The molecule has 0 saturated carbocycles. The summed E-state index contributed by atoms with van der Waals surface area (Å²) in [7, 11) is 0. The number of para-hydroxylation sites is 1. The predicted molar refractivity (Wildman–Crippen MR) is 276 cm³/mol. The van der Waals surface area contributed by atoms with Gasteiger partial charge >= 0.3 is 0 Å². The summed E-state index contributed by atoms with van der Waals surface area (Å²) in [6.45, 7) is 29.6. The third kappa shape index (κ3) is 9.15. The fourth-order valence-corrected chi connectivity index (χ4v) is 9.32. The van der Waals surface area contributed by atoms with E-state index in [1.807, 2.05) is 18.3 Å². The first-order chi connectivity index (χ1) is 31.6. The molecule has 0 radical (unpaired) electrons. The van der Waals surface area contributed by atoms with Crippen LogP contribution in [0.3, 0.4) is 0 Å². The minimum Gasteiger partial charge on any atom is -0.510 e. The monoisotopic (exact) mass is 1080 g/mol. The van der Waals surface area contributed by atoms with Crippen LogP contribution in [0.5, 0.6) is 11.5 Å². The maximum absolute atomic E-state index is 6.88. The number of benzene rings is 6. The van der Waals surface area contributed by atoms with Crippen molar-refractivity contribution in [3.63, 3.8) is 0 Å². The summed E-state index contributed by atoms with van der Waals surface area (Å²) in [5.74, 6) is 2.06. The minimum atomic E-state index is -0.391. The zero-order chi connectivity index (χ0) is 47.7. The molecular formula is C62H64N4OPt-2. The molecule has 350 valence electrons. The summed E-state index contributed by atoms with van der Waals surface area (Å²) in [4.78, 5) is 4.95. The maximum Gasteiger partial charge on any atom is 0.267 e. The topological polar surface area (TPSA) is 35.9 Å². The fourth-order valence-electron chi connectivity index (χ4n) is 9.32. The van der Waals surface area contributed by atoms with Crippen LogP contribution in [0.2, 0.25) is 0 Å². The Morgan fingerprint density at radius 1 is 0.529 bits per heavy atom. The van der Waals surface area contributed by atoms with E-state index in [1.165, 1.54) is 33.4 Å². The summed E-state index contributed by atoms with van der Waals surface area (Å²) in [6, 6.07) is 57.2. The van der Waals surface area contributed by atoms with Crippen molar-refractivity contribution in [1.82, 2.24) is 14.1 Å². The Labute approximate surface area is 419 Å². The maximum atomic E-state index is 6.88. The van der Waals surface area contributed by atoms with Crippen LogP contribution in [0.15, 0.2) is 152 Å². The number of hydrogen-bond acceptors (Lipinski definition) is 2. The van der Waals surface area contributed by atoms with Gasteiger partial charge in [-0.25, -0.2) is 4.98 Å². The van der Waals surface area contributed by atoms with Crippen LogP contribution >= 0.6 is 0 Å². The molecule has 68 heavy (non-hydrogen) atoms. The third-order valence-electron chi connectivity index (χ3n) is 13.6. The van der Waals surface area contributed by atoms with Gasteiger partial charge in [-0.15, -0.1) is 29.8 Å². The average Bonchev–Trinajstić information content (AvgIpc) is 3.90. The number of hydrogen-bond donors (Lipinski definition) is 0. The van der Waals surface area contributed by atoms with Crippen LogP contribution < -0.4 is 9.30 Å². The second-order valence-corrected chi connectivity index (χ2v) is 22.3. The van der Waals surface area contributed by atoms with Gasteiger partial charge in [-0.05, 0) is 85.5 Å². The van der Waals surface area contributed by atoms with Gasteiger partial charge in [0.2, 0.25) is 0 Å². The Hall–Kier alpha value is -6.03. The Morgan fingerprint density at radius 2 is 1.15 bits per heavy atom. The van der Waals surface area contributed by atoms with Gasteiger partial charge in [0.25, 0.3) is 6.33 Å². The molecule has 5 nitrogen and oxygen atoms in total. The molecule has 0 aliphatic heterocycles. The van der Waals surface area contributed by atoms with Crippen LogP contribution in [-0.4, -0.2) is 14.1 Å². The molecule has 0 amide bonds. The molecule has 0 N–H and O–H groups in total. The van der Waals surface area contributed by atoms with E-state index in [2.05, 4.69) is 256 Å². The van der Waals surface area contributed by atoms with E-state index in [9.17, 15) is 0 Å². The van der Waals surface area contributed by atoms with Crippen molar-refractivity contribution >= 4 is 21.8 Å². The number of imidazole rings is 1. The van der Waals surface area contributed by atoms with Gasteiger partial charge in [-0.3, -0.25) is 4.57 Å². The molecule has 0 fully saturated rings. The van der Waals surface area contributed by atoms with Gasteiger partial charge in [0, 0.05) is 61.3 Å². The van der Waals surface area contributed by atoms with Crippen LogP contribution in [0, 0.1) is 18.5 Å². The second-order valence-electron chi connectivity index (χ2n) is 22.3. The summed E-state index contributed by atoms with van der Waals surface area (Å²) >= 11 is 0. The fraction of sp³-hybridized carbons (Fsp3) is 0.290. The zero-order valence-electron chi connectivity index (χ0n) is 41.9. The average molecular weight is 1080 g/mol. The number of nitrogens with zero attached hydrogens (tertiary/aromatic N) is 4. The molecule has 0 bridgehead atoms. The molecule has 0 spiro atoms. The summed E-state index contributed by atoms with van der Waals surface area (Å²) < 4.78 is 13.4. The van der Waals surface area contributed by atoms with Crippen molar-refractivity contribution in [2.24, 2.45) is 0 Å². The number of aromatic nitrogens is 4. The molecule has 0 saturated heterocycles. The molecule has 9 rings (SSSR count). The Balaban J connectivity index is 0.00000625. The summed E-state index contributed by atoms with van der Waals surface area (Å²) in [5.41, 5.74) is 11.4. The Bertz CT molecular complexity index is 3260. The summed E-state index contributed by atoms with van der Waals surface area (Å²) in [6.07, 6.45) is 7.94. The Kier molecular flexibility index (Phi) is 12.7. The quantitative estimate of drug-likeness (QED) is 0.107. The van der Waals surface area contributed by atoms with Crippen molar-refractivity contribution < 1.29 is 30.4 Å². The SMILES string of the molecule is CC(C)(C)c1cc(-[n+]2[c-]n(-c3[c-]c(Oc4[c-]c5c(c(C(C)(C)C)c4)c4ccccc4n5-c4cc(C(C)(C)C)ccn4)ccc3)cc2C(C)(C)c2ccccc2)cc(C(C)(C)c2ccccc2)c1.[Pt]. The van der Waals surface area contributed by atoms with E-state index in [0.29, 0.717) is 11.5 Å². The van der Waals surface area contributed by atoms with Gasteiger partial charge in [-0.1, -0.05) is 186 Å². The smallest absolute Gasteiger partial charge is 0.267 e. The molecule has 3 aromatic heterocycles. The van der Waals surface area contributed by atoms with E-state index < -0.39 is 5.41 Å². The number of ether oxygens (including phenoxy) is 1.